The quantitative estimate of drug-likeness (QED) is 0.773. The Kier molecular flexibility index (Phi) is 6.11. The van der Waals surface area contributed by atoms with Gasteiger partial charge in [0.2, 0.25) is 5.91 Å². The van der Waals surface area contributed by atoms with Gasteiger partial charge in [-0.1, -0.05) is 42.5 Å². The van der Waals surface area contributed by atoms with Gasteiger partial charge in [-0.05, 0) is 23.3 Å². The van der Waals surface area contributed by atoms with Crippen molar-refractivity contribution >= 4 is 11.8 Å². The van der Waals surface area contributed by atoms with Gasteiger partial charge >= 0.3 is 0 Å². The van der Waals surface area contributed by atoms with Crippen LogP contribution in [0.25, 0.3) is 0 Å². The number of hydrogen-bond donors (Lipinski definition) is 0. The van der Waals surface area contributed by atoms with Crippen LogP contribution in [-0.4, -0.2) is 72.5 Å². The van der Waals surface area contributed by atoms with Gasteiger partial charge in [-0.25, -0.2) is 4.39 Å². The molecule has 0 bridgehead atoms. The predicted octanol–water partition coefficient (Wildman–Crippen LogP) is 2.07. The molecule has 2 aromatic rings. The van der Waals surface area contributed by atoms with Crippen molar-refractivity contribution in [2.75, 3.05) is 39.8 Å². The summed E-state index contributed by atoms with van der Waals surface area (Å²) in [7, 11) is 1.64. The summed E-state index contributed by atoms with van der Waals surface area (Å²) in [6.07, 6.45) is -0.838. The predicted molar refractivity (Wildman–Crippen MR) is 110 cm³/mol. The molecule has 2 aromatic carbocycles. The first-order valence-corrected chi connectivity index (χ1v) is 10.2. The van der Waals surface area contributed by atoms with E-state index in [0.717, 1.165) is 19.6 Å². The summed E-state index contributed by atoms with van der Waals surface area (Å²) >= 11 is 0. The van der Waals surface area contributed by atoms with Crippen molar-refractivity contribution in [1.82, 2.24) is 14.7 Å². The van der Waals surface area contributed by atoms with Crippen LogP contribution in [0.15, 0.2) is 54.6 Å². The van der Waals surface area contributed by atoms with Crippen LogP contribution >= 0.6 is 0 Å². The fourth-order valence-electron chi connectivity index (χ4n) is 4.16. The molecule has 0 aromatic heterocycles. The molecule has 2 saturated heterocycles. The molecule has 2 amide bonds. The Labute approximate surface area is 175 Å². The topological polar surface area (TPSA) is 53.1 Å². The molecule has 2 atom stereocenters. The molecule has 0 saturated carbocycles. The summed E-state index contributed by atoms with van der Waals surface area (Å²) in [6, 6.07) is 15.6. The summed E-state index contributed by atoms with van der Waals surface area (Å²) in [4.78, 5) is 31.1. The number of carbonyl (C=O) groups is 2. The van der Waals surface area contributed by atoms with Gasteiger partial charge in [-0.2, -0.15) is 0 Å². The largest absolute Gasteiger partial charge is 0.356 e. The van der Waals surface area contributed by atoms with Crippen LogP contribution in [0.2, 0.25) is 0 Å². The number of morpholine rings is 1. The Morgan fingerprint density at radius 3 is 2.50 bits per heavy atom. The van der Waals surface area contributed by atoms with Crippen molar-refractivity contribution in [3.63, 3.8) is 0 Å². The van der Waals surface area contributed by atoms with Crippen molar-refractivity contribution in [3.8, 4) is 0 Å². The molecule has 2 heterocycles. The minimum Gasteiger partial charge on any atom is -0.356 e. The fourth-order valence-corrected chi connectivity index (χ4v) is 4.16. The number of halogens is 1. The molecule has 4 rings (SSSR count). The van der Waals surface area contributed by atoms with Gasteiger partial charge in [-0.15, -0.1) is 0 Å². The molecular weight excluding hydrogens is 385 g/mol. The Morgan fingerprint density at radius 1 is 1.07 bits per heavy atom. The number of hydrogen-bond acceptors (Lipinski definition) is 4. The molecule has 6 nitrogen and oxygen atoms in total. The van der Waals surface area contributed by atoms with E-state index in [0.29, 0.717) is 18.7 Å². The highest BCUT2D eigenvalue weighted by Crippen LogP contribution is 2.31. The van der Waals surface area contributed by atoms with Crippen LogP contribution in [-0.2, 0) is 20.9 Å². The first-order valence-electron chi connectivity index (χ1n) is 10.2. The molecule has 0 aliphatic carbocycles. The van der Waals surface area contributed by atoms with E-state index < -0.39 is 18.0 Å². The number of nitrogens with zero attached hydrogens (tertiary/aromatic N) is 3. The fraction of sp³-hybridized carbons (Fsp3) is 0.391. The third-order valence-electron chi connectivity index (χ3n) is 5.85. The van der Waals surface area contributed by atoms with E-state index in [2.05, 4.69) is 17.0 Å². The highest BCUT2D eigenvalue weighted by atomic mass is 19.1. The average molecular weight is 411 g/mol. The van der Waals surface area contributed by atoms with E-state index in [4.69, 9.17) is 4.74 Å². The van der Waals surface area contributed by atoms with Crippen LogP contribution in [0.5, 0.6) is 0 Å². The number of rotatable bonds is 4. The molecule has 0 radical (unpaired) electrons. The molecule has 0 unspecified atom stereocenters. The van der Waals surface area contributed by atoms with Crippen LogP contribution in [0.3, 0.4) is 0 Å². The minimum absolute atomic E-state index is 0.146. The van der Waals surface area contributed by atoms with Crippen LogP contribution < -0.4 is 0 Å². The van der Waals surface area contributed by atoms with E-state index in [1.807, 2.05) is 18.2 Å². The molecule has 2 aliphatic rings. The van der Waals surface area contributed by atoms with E-state index in [-0.39, 0.29) is 18.4 Å². The van der Waals surface area contributed by atoms with Crippen molar-refractivity contribution in [3.05, 3.63) is 71.5 Å². The first kappa shape index (κ1) is 20.5. The van der Waals surface area contributed by atoms with Crippen LogP contribution in [0.4, 0.5) is 4.39 Å². The highest BCUT2D eigenvalue weighted by Gasteiger charge is 2.42. The van der Waals surface area contributed by atoms with Gasteiger partial charge in [0.15, 0.2) is 6.10 Å². The standard InChI is InChI=1S/C23H26FN3O3/c1-25-20(28)16-30-22(21(25)18-8-5-9-19(24)14-18)23(29)27-12-10-26(11-13-27)15-17-6-3-2-4-7-17/h2-9,14,21-22H,10-13,15-16H2,1H3/t21-,22+/m0/s1. The molecule has 158 valence electrons. The smallest absolute Gasteiger partial charge is 0.254 e. The molecular formula is C23H26FN3O3. The van der Waals surface area contributed by atoms with Crippen molar-refractivity contribution in [2.24, 2.45) is 0 Å². The molecule has 0 N–H and O–H groups in total. The Hall–Kier alpha value is -2.77. The van der Waals surface area contributed by atoms with E-state index in [1.165, 1.54) is 22.6 Å². The minimum atomic E-state index is -0.838. The number of carbonyl (C=O) groups excluding carboxylic acids is 2. The van der Waals surface area contributed by atoms with Gasteiger partial charge in [0.25, 0.3) is 5.91 Å². The first-order chi connectivity index (χ1) is 14.5. The zero-order chi connectivity index (χ0) is 21.1. The Balaban J connectivity index is 1.44. The second kappa shape index (κ2) is 8.93. The second-order valence-corrected chi connectivity index (χ2v) is 7.82. The number of amides is 2. The Bertz CT molecular complexity index is 900. The maximum absolute atomic E-state index is 13.8. The molecule has 30 heavy (non-hydrogen) atoms. The van der Waals surface area contributed by atoms with E-state index in [9.17, 15) is 14.0 Å². The lowest BCUT2D eigenvalue weighted by Gasteiger charge is -2.42. The lowest BCUT2D eigenvalue weighted by molar-refractivity contribution is -0.168. The number of ether oxygens (including phenoxy) is 1. The lowest BCUT2D eigenvalue weighted by Crippen LogP contribution is -2.57. The molecule has 0 spiro atoms. The van der Waals surface area contributed by atoms with Crippen molar-refractivity contribution in [1.29, 1.82) is 0 Å². The Morgan fingerprint density at radius 2 is 1.80 bits per heavy atom. The third kappa shape index (κ3) is 4.37. The van der Waals surface area contributed by atoms with Crippen molar-refractivity contribution < 1.29 is 18.7 Å². The zero-order valence-corrected chi connectivity index (χ0v) is 17.0. The summed E-state index contributed by atoms with van der Waals surface area (Å²) in [5.41, 5.74) is 1.81. The number of benzene rings is 2. The monoisotopic (exact) mass is 411 g/mol. The zero-order valence-electron chi connectivity index (χ0n) is 17.0. The summed E-state index contributed by atoms with van der Waals surface area (Å²) in [5, 5.41) is 0. The summed E-state index contributed by atoms with van der Waals surface area (Å²) in [5.74, 6) is -0.774. The summed E-state index contributed by atoms with van der Waals surface area (Å²) in [6.45, 7) is 3.44. The SMILES string of the molecule is CN1C(=O)CO[C@@H](C(=O)N2CCN(Cc3ccccc3)CC2)[C@@H]1c1cccc(F)c1. The third-order valence-corrected chi connectivity index (χ3v) is 5.85. The maximum atomic E-state index is 13.8. The highest BCUT2D eigenvalue weighted by molar-refractivity contribution is 5.86. The van der Waals surface area contributed by atoms with Gasteiger partial charge in [0, 0.05) is 39.8 Å². The van der Waals surface area contributed by atoms with Gasteiger partial charge < -0.3 is 14.5 Å². The normalized spacial score (nSPS) is 22.9. The van der Waals surface area contributed by atoms with E-state index in [1.54, 1.807) is 24.1 Å². The van der Waals surface area contributed by atoms with Gasteiger partial charge in [0.1, 0.15) is 12.4 Å². The summed E-state index contributed by atoms with van der Waals surface area (Å²) < 4.78 is 19.5. The molecule has 7 heteroatoms. The van der Waals surface area contributed by atoms with E-state index >= 15 is 0 Å². The second-order valence-electron chi connectivity index (χ2n) is 7.82. The maximum Gasteiger partial charge on any atom is 0.254 e. The van der Waals surface area contributed by atoms with Gasteiger partial charge in [-0.3, -0.25) is 14.5 Å². The number of likely N-dealkylation sites (N-methyl/N-ethyl adjacent to an activating group) is 1. The average Bonchev–Trinajstić information content (AvgIpc) is 2.76. The lowest BCUT2D eigenvalue weighted by atomic mass is 9.97. The van der Waals surface area contributed by atoms with Gasteiger partial charge in [0.05, 0.1) is 6.04 Å². The van der Waals surface area contributed by atoms with Crippen molar-refractivity contribution in [2.45, 2.75) is 18.7 Å². The van der Waals surface area contributed by atoms with Crippen LogP contribution in [0.1, 0.15) is 17.2 Å². The van der Waals surface area contributed by atoms with Crippen LogP contribution in [0, 0.1) is 5.82 Å². The molecule has 2 fully saturated rings. The number of piperazine rings is 1. The molecule has 2 aliphatic heterocycles.